The van der Waals surface area contributed by atoms with E-state index >= 15 is 0 Å². The van der Waals surface area contributed by atoms with Gasteiger partial charge in [-0.1, -0.05) is 41.9 Å². The van der Waals surface area contributed by atoms with Crippen molar-refractivity contribution in [2.75, 3.05) is 6.54 Å². The standard InChI is InChI=1S/C26H21ClN2O3S/c1-15-11-13-33-25(15)22-21(23(30)19-14-28-20-5-3-2-4-18(19)20)24(31)26(32)29(22)12-10-16-6-8-17(27)9-7-16/h2-9,11,13-14,22,28,30H,10,12H2,1H3/b23-21+. The third-order valence-corrected chi connectivity index (χ3v) is 7.41. The Kier molecular flexibility index (Phi) is 5.56. The second-order valence-electron chi connectivity index (χ2n) is 8.08. The van der Waals surface area contributed by atoms with Crippen molar-refractivity contribution in [3.63, 3.8) is 0 Å². The average molecular weight is 477 g/mol. The summed E-state index contributed by atoms with van der Waals surface area (Å²) in [7, 11) is 0. The van der Waals surface area contributed by atoms with Crippen LogP contribution < -0.4 is 0 Å². The van der Waals surface area contributed by atoms with E-state index in [0.29, 0.717) is 23.6 Å². The van der Waals surface area contributed by atoms with Crippen LogP contribution in [0.3, 0.4) is 0 Å². The van der Waals surface area contributed by atoms with Crippen molar-refractivity contribution < 1.29 is 14.7 Å². The number of thiophene rings is 1. The zero-order valence-corrected chi connectivity index (χ0v) is 19.4. The topological polar surface area (TPSA) is 73.4 Å². The fraction of sp³-hybridized carbons (Fsp3) is 0.154. The van der Waals surface area contributed by atoms with Gasteiger partial charge in [0.25, 0.3) is 11.7 Å². The lowest BCUT2D eigenvalue weighted by Gasteiger charge is -2.25. The quantitative estimate of drug-likeness (QED) is 0.215. The number of carbonyl (C=O) groups excluding carboxylic acids is 2. The molecule has 0 radical (unpaired) electrons. The molecule has 1 amide bonds. The minimum atomic E-state index is -0.660. The molecule has 0 bridgehead atoms. The van der Waals surface area contributed by atoms with E-state index in [-0.39, 0.29) is 11.3 Å². The van der Waals surface area contributed by atoms with Gasteiger partial charge in [-0.3, -0.25) is 9.59 Å². The first kappa shape index (κ1) is 21.5. The SMILES string of the molecule is Cc1ccsc1C1/C(=C(\O)c2c[nH]c3ccccc23)C(=O)C(=O)N1CCc1ccc(Cl)cc1. The van der Waals surface area contributed by atoms with Gasteiger partial charge in [0.05, 0.1) is 11.6 Å². The lowest BCUT2D eigenvalue weighted by Crippen LogP contribution is -2.31. The van der Waals surface area contributed by atoms with Crippen LogP contribution in [0.2, 0.25) is 5.02 Å². The number of rotatable bonds is 5. The molecule has 4 aromatic rings. The van der Waals surface area contributed by atoms with E-state index in [1.165, 1.54) is 11.3 Å². The molecule has 1 aliphatic rings. The number of Topliss-reactive ketones (excluding diaryl/α,β-unsaturated/α-hetero) is 1. The van der Waals surface area contributed by atoms with E-state index in [4.69, 9.17) is 11.6 Å². The van der Waals surface area contributed by atoms with Crippen molar-refractivity contribution in [2.24, 2.45) is 0 Å². The van der Waals surface area contributed by atoms with E-state index in [2.05, 4.69) is 4.98 Å². The summed E-state index contributed by atoms with van der Waals surface area (Å²) in [5.74, 6) is -1.41. The predicted molar refractivity (Wildman–Crippen MR) is 132 cm³/mol. The molecule has 5 nitrogen and oxygen atoms in total. The molecule has 0 spiro atoms. The number of aryl methyl sites for hydroxylation is 1. The Hall–Kier alpha value is -3.35. The Morgan fingerprint density at radius 2 is 1.88 bits per heavy atom. The van der Waals surface area contributed by atoms with Gasteiger partial charge in [0.15, 0.2) is 0 Å². The molecule has 3 heterocycles. The number of ketones is 1. The number of para-hydroxylation sites is 1. The number of hydrogen-bond donors (Lipinski definition) is 2. The van der Waals surface area contributed by atoms with Gasteiger partial charge < -0.3 is 15.0 Å². The number of hydrogen-bond acceptors (Lipinski definition) is 4. The van der Waals surface area contributed by atoms with Crippen LogP contribution in [-0.4, -0.2) is 33.2 Å². The van der Waals surface area contributed by atoms with Gasteiger partial charge in [0.2, 0.25) is 0 Å². The normalized spacial score (nSPS) is 17.9. The third-order valence-electron chi connectivity index (χ3n) is 6.09. The molecule has 2 N–H and O–H groups in total. The van der Waals surface area contributed by atoms with E-state index in [1.54, 1.807) is 11.1 Å². The molecule has 0 saturated carbocycles. The summed E-state index contributed by atoms with van der Waals surface area (Å²) in [6, 6.07) is 16.3. The summed E-state index contributed by atoms with van der Waals surface area (Å²) in [5, 5.41) is 14.7. The van der Waals surface area contributed by atoms with Crippen molar-refractivity contribution in [1.82, 2.24) is 9.88 Å². The van der Waals surface area contributed by atoms with Crippen molar-refractivity contribution in [2.45, 2.75) is 19.4 Å². The number of aromatic nitrogens is 1. The number of aliphatic hydroxyl groups excluding tert-OH is 1. The van der Waals surface area contributed by atoms with Crippen LogP contribution >= 0.6 is 22.9 Å². The molecule has 2 aromatic heterocycles. The highest BCUT2D eigenvalue weighted by Gasteiger charge is 2.47. The van der Waals surface area contributed by atoms with Gasteiger partial charge in [0, 0.05) is 39.1 Å². The molecule has 166 valence electrons. The molecular formula is C26H21ClN2O3S. The Balaban J connectivity index is 1.60. The highest BCUT2D eigenvalue weighted by molar-refractivity contribution is 7.10. The van der Waals surface area contributed by atoms with Gasteiger partial charge >= 0.3 is 0 Å². The van der Waals surface area contributed by atoms with Crippen LogP contribution in [0.5, 0.6) is 0 Å². The maximum Gasteiger partial charge on any atom is 0.295 e. The van der Waals surface area contributed by atoms with Gasteiger partial charge in [-0.25, -0.2) is 0 Å². The molecule has 2 aromatic carbocycles. The maximum atomic E-state index is 13.2. The minimum Gasteiger partial charge on any atom is -0.507 e. The fourth-order valence-electron chi connectivity index (χ4n) is 4.36. The second kappa shape index (κ2) is 8.54. The van der Waals surface area contributed by atoms with Gasteiger partial charge in [0.1, 0.15) is 5.76 Å². The maximum absolute atomic E-state index is 13.2. The van der Waals surface area contributed by atoms with E-state index in [0.717, 1.165) is 26.9 Å². The van der Waals surface area contributed by atoms with Crippen molar-refractivity contribution in [3.05, 3.63) is 98.3 Å². The summed E-state index contributed by atoms with van der Waals surface area (Å²) >= 11 is 7.47. The number of nitrogens with zero attached hydrogens (tertiary/aromatic N) is 1. The smallest absolute Gasteiger partial charge is 0.295 e. The molecule has 0 aliphatic carbocycles. The van der Waals surface area contributed by atoms with Crippen molar-refractivity contribution in [1.29, 1.82) is 0 Å². The van der Waals surface area contributed by atoms with Crippen LogP contribution in [0.25, 0.3) is 16.7 Å². The zero-order chi connectivity index (χ0) is 23.1. The first-order chi connectivity index (χ1) is 16.0. The second-order valence-corrected chi connectivity index (χ2v) is 9.47. The molecule has 33 heavy (non-hydrogen) atoms. The highest BCUT2D eigenvalue weighted by atomic mass is 35.5. The third kappa shape index (κ3) is 3.75. The lowest BCUT2D eigenvalue weighted by molar-refractivity contribution is -0.139. The molecule has 1 saturated heterocycles. The number of aliphatic hydroxyl groups is 1. The molecule has 1 aliphatic heterocycles. The number of amides is 1. The number of carbonyl (C=O) groups is 2. The number of halogens is 1. The number of likely N-dealkylation sites (tertiary alicyclic amines) is 1. The van der Waals surface area contributed by atoms with E-state index in [9.17, 15) is 14.7 Å². The molecule has 5 rings (SSSR count). The molecule has 1 atom stereocenters. The number of aromatic amines is 1. The predicted octanol–water partition coefficient (Wildman–Crippen LogP) is 5.86. The van der Waals surface area contributed by atoms with E-state index in [1.807, 2.05) is 66.9 Å². The molecule has 1 fully saturated rings. The first-order valence-corrected chi connectivity index (χ1v) is 11.8. The molecular weight excluding hydrogens is 456 g/mol. The lowest BCUT2D eigenvalue weighted by atomic mass is 9.98. The summed E-state index contributed by atoms with van der Waals surface area (Å²) in [6.45, 7) is 2.30. The highest BCUT2D eigenvalue weighted by Crippen LogP contribution is 2.43. The fourth-order valence-corrected chi connectivity index (χ4v) is 5.53. The number of H-pyrrole nitrogens is 1. The van der Waals surface area contributed by atoms with Crippen LogP contribution in [-0.2, 0) is 16.0 Å². The monoisotopic (exact) mass is 476 g/mol. The van der Waals surface area contributed by atoms with E-state index < -0.39 is 17.7 Å². The number of nitrogens with one attached hydrogen (secondary N) is 1. The van der Waals surface area contributed by atoms with Crippen molar-refractivity contribution >= 4 is 51.3 Å². The number of benzene rings is 2. The molecule has 7 heteroatoms. The van der Waals surface area contributed by atoms with Gasteiger partial charge in [-0.05, 0) is 54.1 Å². The Morgan fingerprint density at radius 3 is 2.61 bits per heavy atom. The van der Waals surface area contributed by atoms with Crippen LogP contribution in [0, 0.1) is 6.92 Å². The largest absolute Gasteiger partial charge is 0.507 e. The van der Waals surface area contributed by atoms with Crippen molar-refractivity contribution in [3.8, 4) is 0 Å². The van der Waals surface area contributed by atoms with Gasteiger partial charge in [-0.2, -0.15) is 0 Å². The minimum absolute atomic E-state index is 0.131. The summed E-state index contributed by atoms with van der Waals surface area (Å²) < 4.78 is 0. The summed E-state index contributed by atoms with van der Waals surface area (Å²) in [6.07, 6.45) is 2.25. The van der Waals surface area contributed by atoms with Crippen LogP contribution in [0.1, 0.15) is 27.6 Å². The van der Waals surface area contributed by atoms with Crippen LogP contribution in [0.4, 0.5) is 0 Å². The summed E-state index contributed by atoms with van der Waals surface area (Å²) in [4.78, 5) is 32.0. The van der Waals surface area contributed by atoms with Gasteiger partial charge in [-0.15, -0.1) is 11.3 Å². The Morgan fingerprint density at radius 1 is 1.12 bits per heavy atom. The summed E-state index contributed by atoms with van der Waals surface area (Å²) in [5.41, 5.74) is 3.49. The number of fused-ring (bicyclic) bond motifs is 1. The van der Waals surface area contributed by atoms with Crippen LogP contribution in [0.15, 0.2) is 71.7 Å². The Labute approximate surface area is 199 Å². The Bertz CT molecular complexity index is 1400. The first-order valence-electron chi connectivity index (χ1n) is 10.6. The average Bonchev–Trinajstić information content (AvgIpc) is 3.50. The zero-order valence-electron chi connectivity index (χ0n) is 17.8. The molecule has 1 unspecified atom stereocenters.